The maximum Gasteiger partial charge on any atom is 0.435 e. The molecular formula is C18H14F3N5OS. The molecule has 0 unspecified atom stereocenters. The molecule has 0 spiro atoms. The van der Waals surface area contributed by atoms with Crippen molar-refractivity contribution in [2.24, 2.45) is 7.05 Å². The van der Waals surface area contributed by atoms with E-state index in [9.17, 15) is 18.0 Å². The zero-order valence-corrected chi connectivity index (χ0v) is 15.4. The number of aromatic nitrogens is 4. The number of benzene rings is 1. The largest absolute Gasteiger partial charge is 0.435 e. The third-order valence-electron chi connectivity index (χ3n) is 4.08. The molecule has 0 saturated carbocycles. The minimum atomic E-state index is -4.58. The van der Waals surface area contributed by atoms with E-state index in [1.807, 2.05) is 30.3 Å². The summed E-state index contributed by atoms with van der Waals surface area (Å²) in [6, 6.07) is 10.9. The number of hydrogen-bond acceptors (Lipinski definition) is 4. The normalized spacial score (nSPS) is 11.9. The van der Waals surface area contributed by atoms with E-state index in [4.69, 9.17) is 0 Å². The van der Waals surface area contributed by atoms with Crippen LogP contribution in [0.5, 0.6) is 0 Å². The number of thiophene rings is 1. The SMILES string of the molecule is Cn1nc(C(F)(F)F)c2cc(C(=O)Nc3cnn(Cc4ccccc4)c3)sc21. The number of nitrogens with one attached hydrogen (secondary N) is 1. The molecule has 0 saturated heterocycles. The predicted molar refractivity (Wildman–Crippen MR) is 99.3 cm³/mol. The third-order valence-corrected chi connectivity index (χ3v) is 5.28. The smallest absolute Gasteiger partial charge is 0.319 e. The highest BCUT2D eigenvalue weighted by Crippen LogP contribution is 2.37. The fourth-order valence-electron chi connectivity index (χ4n) is 2.84. The van der Waals surface area contributed by atoms with Crippen molar-refractivity contribution in [1.29, 1.82) is 0 Å². The van der Waals surface area contributed by atoms with Gasteiger partial charge in [-0.05, 0) is 11.6 Å². The summed E-state index contributed by atoms with van der Waals surface area (Å²) < 4.78 is 42.1. The number of amides is 1. The Morgan fingerprint density at radius 1 is 1.25 bits per heavy atom. The van der Waals surface area contributed by atoms with Crippen molar-refractivity contribution in [2.45, 2.75) is 12.7 Å². The summed E-state index contributed by atoms with van der Waals surface area (Å²) in [6.07, 6.45) is -1.41. The lowest BCUT2D eigenvalue weighted by atomic mass is 10.2. The molecule has 10 heteroatoms. The second-order valence-electron chi connectivity index (χ2n) is 6.17. The van der Waals surface area contributed by atoms with E-state index in [-0.39, 0.29) is 15.1 Å². The van der Waals surface area contributed by atoms with Crippen LogP contribution in [-0.4, -0.2) is 25.5 Å². The zero-order chi connectivity index (χ0) is 19.9. The van der Waals surface area contributed by atoms with Crippen LogP contribution in [0, 0.1) is 0 Å². The average Bonchev–Trinajstić information content (AvgIpc) is 3.32. The first kappa shape index (κ1) is 18.2. The second-order valence-corrected chi connectivity index (χ2v) is 7.20. The molecule has 6 nitrogen and oxygen atoms in total. The number of hydrogen-bond donors (Lipinski definition) is 1. The molecule has 4 aromatic rings. The minimum Gasteiger partial charge on any atom is -0.319 e. The van der Waals surface area contributed by atoms with Gasteiger partial charge in [0.25, 0.3) is 5.91 Å². The lowest BCUT2D eigenvalue weighted by molar-refractivity contribution is -0.140. The van der Waals surface area contributed by atoms with E-state index in [1.165, 1.54) is 19.3 Å². The first-order valence-electron chi connectivity index (χ1n) is 8.23. The molecule has 3 heterocycles. The molecule has 144 valence electrons. The van der Waals surface area contributed by atoms with Crippen molar-refractivity contribution in [2.75, 3.05) is 5.32 Å². The van der Waals surface area contributed by atoms with Crippen LogP contribution in [0.25, 0.3) is 10.2 Å². The molecule has 1 aromatic carbocycles. The van der Waals surface area contributed by atoms with Gasteiger partial charge in [0.15, 0.2) is 5.69 Å². The van der Waals surface area contributed by atoms with Crippen molar-refractivity contribution in [3.8, 4) is 0 Å². The van der Waals surface area contributed by atoms with Gasteiger partial charge < -0.3 is 5.32 Å². The van der Waals surface area contributed by atoms with Crippen LogP contribution < -0.4 is 5.32 Å². The summed E-state index contributed by atoms with van der Waals surface area (Å²) in [6.45, 7) is 0.542. The van der Waals surface area contributed by atoms with E-state index >= 15 is 0 Å². The highest BCUT2D eigenvalue weighted by atomic mass is 32.1. The van der Waals surface area contributed by atoms with E-state index in [0.29, 0.717) is 12.2 Å². The topological polar surface area (TPSA) is 64.7 Å². The average molecular weight is 405 g/mol. The van der Waals surface area contributed by atoms with Crippen molar-refractivity contribution < 1.29 is 18.0 Å². The summed E-state index contributed by atoms with van der Waals surface area (Å²) in [4.78, 5) is 12.9. The fraction of sp³-hybridized carbons (Fsp3) is 0.167. The third kappa shape index (κ3) is 3.50. The van der Waals surface area contributed by atoms with E-state index in [1.54, 1.807) is 10.9 Å². The Hall–Kier alpha value is -3.14. The number of halogens is 3. The van der Waals surface area contributed by atoms with Crippen LogP contribution in [0.1, 0.15) is 20.9 Å². The fourth-order valence-corrected chi connectivity index (χ4v) is 3.81. The summed E-state index contributed by atoms with van der Waals surface area (Å²) in [5, 5.41) is 10.3. The van der Waals surface area contributed by atoms with Crippen molar-refractivity contribution in [3.63, 3.8) is 0 Å². The minimum absolute atomic E-state index is 0.0788. The van der Waals surface area contributed by atoms with Crippen LogP contribution in [0.4, 0.5) is 18.9 Å². The predicted octanol–water partition coefficient (Wildman–Crippen LogP) is 4.15. The van der Waals surface area contributed by atoms with Gasteiger partial charge >= 0.3 is 6.18 Å². The van der Waals surface area contributed by atoms with E-state index < -0.39 is 17.8 Å². The number of nitrogens with zero attached hydrogens (tertiary/aromatic N) is 4. The number of rotatable bonds is 4. The number of aryl methyl sites for hydroxylation is 1. The molecule has 0 bridgehead atoms. The monoisotopic (exact) mass is 405 g/mol. The van der Waals surface area contributed by atoms with Crippen LogP contribution in [0.15, 0.2) is 48.8 Å². The van der Waals surface area contributed by atoms with Crippen LogP contribution in [-0.2, 0) is 19.8 Å². The van der Waals surface area contributed by atoms with E-state index in [2.05, 4.69) is 15.5 Å². The molecule has 1 N–H and O–H groups in total. The Bertz CT molecular complexity index is 1140. The Morgan fingerprint density at radius 3 is 2.71 bits per heavy atom. The van der Waals surface area contributed by atoms with Crippen LogP contribution in [0.2, 0.25) is 0 Å². The second kappa shape index (κ2) is 6.79. The molecule has 0 radical (unpaired) electrons. The number of carbonyl (C=O) groups excluding carboxylic acids is 1. The molecule has 0 aliphatic carbocycles. The van der Waals surface area contributed by atoms with Gasteiger partial charge in [-0.2, -0.15) is 23.4 Å². The van der Waals surface area contributed by atoms with Gasteiger partial charge in [0.1, 0.15) is 4.83 Å². The Balaban J connectivity index is 1.53. The van der Waals surface area contributed by atoms with Gasteiger partial charge in [-0.25, -0.2) is 0 Å². The van der Waals surface area contributed by atoms with Gasteiger partial charge in [0.2, 0.25) is 0 Å². The van der Waals surface area contributed by atoms with Gasteiger partial charge in [0.05, 0.1) is 23.3 Å². The van der Waals surface area contributed by atoms with Crippen molar-refractivity contribution in [3.05, 3.63) is 64.9 Å². The maximum atomic E-state index is 13.1. The lowest BCUT2D eigenvalue weighted by Gasteiger charge is -2.02. The number of fused-ring (bicyclic) bond motifs is 1. The highest BCUT2D eigenvalue weighted by molar-refractivity contribution is 7.20. The van der Waals surface area contributed by atoms with Gasteiger partial charge in [-0.1, -0.05) is 30.3 Å². The maximum absolute atomic E-state index is 13.1. The highest BCUT2D eigenvalue weighted by Gasteiger charge is 2.37. The van der Waals surface area contributed by atoms with Crippen LogP contribution >= 0.6 is 11.3 Å². The number of carbonyl (C=O) groups is 1. The number of alkyl halides is 3. The van der Waals surface area contributed by atoms with Gasteiger partial charge in [0, 0.05) is 18.6 Å². The Kier molecular flexibility index (Phi) is 4.42. The lowest BCUT2D eigenvalue weighted by Crippen LogP contribution is -2.10. The molecule has 0 aliphatic rings. The summed E-state index contributed by atoms with van der Waals surface area (Å²) in [5.41, 5.74) is 0.531. The van der Waals surface area contributed by atoms with E-state index in [0.717, 1.165) is 21.6 Å². The molecule has 4 rings (SSSR count). The molecule has 28 heavy (non-hydrogen) atoms. The van der Waals surface area contributed by atoms with Crippen molar-refractivity contribution in [1.82, 2.24) is 19.6 Å². The van der Waals surface area contributed by atoms with Crippen molar-refractivity contribution >= 4 is 33.1 Å². The zero-order valence-electron chi connectivity index (χ0n) is 14.6. The first-order valence-corrected chi connectivity index (χ1v) is 9.04. The number of anilines is 1. The summed E-state index contributed by atoms with van der Waals surface area (Å²) >= 11 is 0.959. The summed E-state index contributed by atoms with van der Waals surface area (Å²) in [5.74, 6) is -0.492. The molecule has 3 aromatic heterocycles. The molecular weight excluding hydrogens is 391 g/mol. The van der Waals surface area contributed by atoms with Crippen LogP contribution in [0.3, 0.4) is 0 Å². The molecule has 0 fully saturated rings. The summed E-state index contributed by atoms with van der Waals surface area (Å²) in [7, 11) is 1.42. The molecule has 1 amide bonds. The quantitative estimate of drug-likeness (QED) is 0.555. The molecule has 0 atom stereocenters. The first-order chi connectivity index (χ1) is 13.3. The standard InChI is InChI=1S/C18H14F3N5OS/c1-25-17-13(15(24-25)18(19,20)21)7-14(28-17)16(27)23-12-8-22-26(10-12)9-11-5-3-2-4-6-11/h2-8,10H,9H2,1H3,(H,23,27). The van der Waals surface area contributed by atoms with Gasteiger partial charge in [-0.3, -0.25) is 14.2 Å². The molecule has 0 aliphatic heterocycles. The van der Waals surface area contributed by atoms with Gasteiger partial charge in [-0.15, -0.1) is 11.3 Å². The Labute approximate surface area is 161 Å². The Morgan fingerprint density at radius 2 is 2.00 bits per heavy atom.